The van der Waals surface area contributed by atoms with Crippen LogP contribution < -0.4 is 10.5 Å². The highest BCUT2D eigenvalue weighted by molar-refractivity contribution is 9.10. The smallest absolute Gasteiger partial charge is 0.279 e. The third-order valence-electron chi connectivity index (χ3n) is 2.48. The molecule has 0 saturated heterocycles. The molecule has 5 nitrogen and oxygen atoms in total. The van der Waals surface area contributed by atoms with E-state index >= 15 is 0 Å². The van der Waals surface area contributed by atoms with Gasteiger partial charge in [-0.3, -0.25) is 4.72 Å². The topological polar surface area (TPSA) is 85.1 Å². The maximum absolute atomic E-state index is 13.0. The molecule has 0 bridgehead atoms. The van der Waals surface area contributed by atoms with Crippen LogP contribution in [-0.2, 0) is 16.6 Å². The highest BCUT2D eigenvalue weighted by Crippen LogP contribution is 2.25. The van der Waals surface area contributed by atoms with Crippen LogP contribution in [-0.4, -0.2) is 13.4 Å². The summed E-state index contributed by atoms with van der Waals surface area (Å²) in [5.41, 5.74) is 6.38. The van der Waals surface area contributed by atoms with Crippen LogP contribution in [0.2, 0.25) is 0 Å². The molecule has 0 unspecified atom stereocenters. The first-order valence-electron chi connectivity index (χ1n) is 5.55. The quantitative estimate of drug-likeness (QED) is 0.876. The van der Waals surface area contributed by atoms with Crippen molar-refractivity contribution in [2.24, 2.45) is 5.73 Å². The number of nitrogens with zero attached hydrogens (tertiary/aromatic N) is 1. The molecule has 0 atom stereocenters. The van der Waals surface area contributed by atoms with E-state index < -0.39 is 15.8 Å². The number of benzene rings is 1. The number of aromatic nitrogens is 1. The molecular weight excluding hydrogens is 349 g/mol. The summed E-state index contributed by atoms with van der Waals surface area (Å²) in [4.78, 5) is 3.84. The fourth-order valence-electron chi connectivity index (χ4n) is 1.46. The summed E-state index contributed by atoms with van der Waals surface area (Å²) >= 11 is 3.09. The lowest BCUT2D eigenvalue weighted by Gasteiger charge is -2.09. The lowest BCUT2D eigenvalue weighted by atomic mass is 10.3. The van der Waals surface area contributed by atoms with Gasteiger partial charge in [0.1, 0.15) is 5.82 Å². The van der Waals surface area contributed by atoms with Gasteiger partial charge in [0.2, 0.25) is 0 Å². The average Bonchev–Trinajstić information content (AvgIpc) is 2.42. The zero-order valence-corrected chi connectivity index (χ0v) is 12.6. The first kappa shape index (κ1) is 14.9. The number of hydrogen-bond acceptors (Lipinski definition) is 4. The van der Waals surface area contributed by atoms with E-state index in [1.54, 1.807) is 6.07 Å². The van der Waals surface area contributed by atoms with Gasteiger partial charge < -0.3 is 5.73 Å². The summed E-state index contributed by atoms with van der Waals surface area (Å²) < 4.78 is 39.8. The van der Waals surface area contributed by atoms with Crippen LogP contribution in [0.25, 0.3) is 0 Å². The van der Waals surface area contributed by atoms with E-state index in [0.29, 0.717) is 4.47 Å². The van der Waals surface area contributed by atoms with E-state index in [1.807, 2.05) is 0 Å². The van der Waals surface area contributed by atoms with Crippen LogP contribution >= 0.6 is 15.9 Å². The van der Waals surface area contributed by atoms with Gasteiger partial charge >= 0.3 is 0 Å². The molecule has 2 aromatic rings. The van der Waals surface area contributed by atoms with Gasteiger partial charge in [-0.25, -0.2) is 9.37 Å². The summed E-state index contributed by atoms with van der Waals surface area (Å²) in [6, 6.07) is 6.60. The van der Waals surface area contributed by atoms with Crippen molar-refractivity contribution in [3.63, 3.8) is 0 Å². The normalized spacial score (nSPS) is 11.3. The van der Waals surface area contributed by atoms with Crippen LogP contribution in [0.5, 0.6) is 0 Å². The number of hydrogen-bond donors (Lipinski definition) is 2. The minimum Gasteiger partial charge on any atom is -0.326 e. The van der Waals surface area contributed by atoms with Crippen molar-refractivity contribution in [2.45, 2.75) is 11.6 Å². The van der Waals surface area contributed by atoms with E-state index in [2.05, 4.69) is 25.6 Å². The highest BCUT2D eigenvalue weighted by Gasteiger charge is 2.17. The van der Waals surface area contributed by atoms with Crippen LogP contribution in [0.15, 0.2) is 46.0 Å². The Morgan fingerprint density at radius 2 is 2.05 bits per heavy atom. The lowest BCUT2D eigenvalue weighted by Crippen LogP contribution is -2.15. The van der Waals surface area contributed by atoms with Gasteiger partial charge in [-0.2, -0.15) is 8.42 Å². The standard InChI is InChI=1S/C12H11BrFN3O2S/c13-10-5-9(14)2-3-11(10)17-20(18,19)12-4-1-8(6-15)7-16-12/h1-5,7,17H,6,15H2. The predicted molar refractivity (Wildman–Crippen MR) is 77.0 cm³/mol. The fourth-order valence-corrected chi connectivity index (χ4v) is 3.05. The van der Waals surface area contributed by atoms with E-state index in [1.165, 1.54) is 24.4 Å². The number of rotatable bonds is 4. The maximum atomic E-state index is 13.0. The molecular formula is C12H11BrFN3O2S. The summed E-state index contributed by atoms with van der Waals surface area (Å²) in [6.45, 7) is 0.282. The summed E-state index contributed by atoms with van der Waals surface area (Å²) in [6.07, 6.45) is 1.40. The van der Waals surface area contributed by atoms with Crippen LogP contribution in [0.3, 0.4) is 0 Å². The second kappa shape index (κ2) is 5.86. The minimum atomic E-state index is -3.83. The van der Waals surface area contributed by atoms with Gasteiger partial charge in [0.25, 0.3) is 10.0 Å². The molecule has 3 N–H and O–H groups in total. The van der Waals surface area contributed by atoms with E-state index in [0.717, 1.165) is 11.6 Å². The van der Waals surface area contributed by atoms with Crippen LogP contribution in [0.1, 0.15) is 5.56 Å². The number of halogens is 2. The number of sulfonamides is 1. The Morgan fingerprint density at radius 1 is 1.30 bits per heavy atom. The molecule has 1 heterocycles. The zero-order chi connectivity index (χ0) is 14.8. The summed E-state index contributed by atoms with van der Waals surface area (Å²) in [5.74, 6) is -0.467. The Hall–Kier alpha value is -1.51. The van der Waals surface area contributed by atoms with E-state index in [4.69, 9.17) is 5.73 Å². The molecule has 106 valence electrons. The van der Waals surface area contributed by atoms with Crippen molar-refractivity contribution in [3.8, 4) is 0 Å². The lowest BCUT2D eigenvalue weighted by molar-refractivity contribution is 0.597. The second-order valence-corrected chi connectivity index (χ2v) is 6.42. The number of pyridine rings is 1. The molecule has 0 aliphatic rings. The Labute approximate surface area is 124 Å². The maximum Gasteiger partial charge on any atom is 0.279 e. The highest BCUT2D eigenvalue weighted by atomic mass is 79.9. The van der Waals surface area contributed by atoms with Crippen molar-refractivity contribution in [1.29, 1.82) is 0 Å². The van der Waals surface area contributed by atoms with Crippen LogP contribution in [0.4, 0.5) is 10.1 Å². The average molecular weight is 360 g/mol. The zero-order valence-electron chi connectivity index (χ0n) is 10.2. The molecule has 0 fully saturated rings. The number of nitrogens with two attached hydrogens (primary N) is 1. The Bertz CT molecular complexity index is 720. The monoisotopic (exact) mass is 359 g/mol. The third-order valence-corrected chi connectivity index (χ3v) is 4.42. The molecule has 20 heavy (non-hydrogen) atoms. The molecule has 1 aromatic carbocycles. The van der Waals surface area contributed by atoms with Crippen LogP contribution in [0, 0.1) is 5.82 Å². The Balaban J connectivity index is 2.30. The molecule has 2 rings (SSSR count). The van der Waals surface area contributed by atoms with Crippen molar-refractivity contribution < 1.29 is 12.8 Å². The van der Waals surface area contributed by atoms with Gasteiger partial charge in [0, 0.05) is 17.2 Å². The number of anilines is 1. The van der Waals surface area contributed by atoms with E-state index in [9.17, 15) is 12.8 Å². The largest absolute Gasteiger partial charge is 0.326 e. The first-order valence-corrected chi connectivity index (χ1v) is 7.83. The first-order chi connectivity index (χ1) is 9.42. The molecule has 0 aliphatic carbocycles. The van der Waals surface area contributed by atoms with Gasteiger partial charge in [-0.15, -0.1) is 0 Å². The third kappa shape index (κ3) is 3.33. The van der Waals surface area contributed by atoms with Gasteiger partial charge in [-0.1, -0.05) is 6.07 Å². The summed E-state index contributed by atoms with van der Waals surface area (Å²) in [7, 11) is -3.83. The molecule has 1 aromatic heterocycles. The molecule has 0 amide bonds. The van der Waals surface area contributed by atoms with Gasteiger partial charge in [0.05, 0.1) is 5.69 Å². The Kier molecular flexibility index (Phi) is 4.36. The molecule has 0 aliphatic heterocycles. The van der Waals surface area contributed by atoms with Crippen molar-refractivity contribution in [3.05, 3.63) is 52.4 Å². The second-order valence-electron chi connectivity index (χ2n) is 3.94. The molecule has 0 saturated carbocycles. The predicted octanol–water partition coefficient (Wildman–Crippen LogP) is 2.24. The van der Waals surface area contributed by atoms with E-state index in [-0.39, 0.29) is 17.3 Å². The van der Waals surface area contributed by atoms with Gasteiger partial charge in [0.15, 0.2) is 5.03 Å². The summed E-state index contributed by atoms with van der Waals surface area (Å²) in [5, 5.41) is -0.133. The molecule has 8 heteroatoms. The van der Waals surface area contributed by atoms with Crippen molar-refractivity contribution in [2.75, 3.05) is 4.72 Å². The number of nitrogens with one attached hydrogen (secondary N) is 1. The Morgan fingerprint density at radius 3 is 2.60 bits per heavy atom. The molecule has 0 radical (unpaired) electrons. The van der Waals surface area contributed by atoms with Gasteiger partial charge in [-0.05, 0) is 45.8 Å². The van der Waals surface area contributed by atoms with Crippen molar-refractivity contribution >= 4 is 31.6 Å². The minimum absolute atomic E-state index is 0.133. The SMILES string of the molecule is NCc1ccc(S(=O)(=O)Nc2ccc(F)cc2Br)nc1. The molecule has 0 spiro atoms. The fraction of sp³-hybridized carbons (Fsp3) is 0.0833. The van der Waals surface area contributed by atoms with Crippen molar-refractivity contribution in [1.82, 2.24) is 4.98 Å².